The van der Waals surface area contributed by atoms with E-state index in [0.717, 1.165) is 32.6 Å². The molecule has 0 radical (unpaired) electrons. The predicted molar refractivity (Wildman–Crippen MR) is 103 cm³/mol. The minimum Gasteiger partial charge on any atom is -0.496 e. The number of ether oxygens (including phenoxy) is 2. The van der Waals surface area contributed by atoms with Crippen molar-refractivity contribution in [3.8, 4) is 5.75 Å². The molecule has 0 aliphatic carbocycles. The molecule has 0 aromatic heterocycles. The fraction of sp³-hybridized carbons (Fsp3) is 0.143. The zero-order chi connectivity index (χ0) is 17.2. The maximum atomic E-state index is 6.47. The summed E-state index contributed by atoms with van der Waals surface area (Å²) in [6.45, 7) is 0. The van der Waals surface area contributed by atoms with Gasteiger partial charge in [-0.25, -0.2) is 0 Å². The Balaban J connectivity index is 1.80. The Bertz CT molecular complexity index is 882. The van der Waals surface area contributed by atoms with Crippen molar-refractivity contribution in [1.82, 2.24) is 0 Å². The number of hydrogen-bond acceptors (Lipinski definition) is 3. The molecule has 1 heterocycles. The maximum Gasteiger partial charge on any atom is 0.158 e. The Labute approximate surface area is 155 Å². The van der Waals surface area contributed by atoms with Crippen LogP contribution in [0, 0.1) is 0 Å². The lowest BCUT2D eigenvalue weighted by Gasteiger charge is -2.35. The molecule has 0 unspecified atom stereocenters. The van der Waals surface area contributed by atoms with Gasteiger partial charge < -0.3 is 14.8 Å². The van der Waals surface area contributed by atoms with Crippen LogP contribution in [0.15, 0.2) is 77.3 Å². The van der Waals surface area contributed by atoms with Crippen molar-refractivity contribution in [3.63, 3.8) is 0 Å². The van der Waals surface area contributed by atoms with Gasteiger partial charge in [0.25, 0.3) is 0 Å². The smallest absolute Gasteiger partial charge is 0.158 e. The van der Waals surface area contributed by atoms with E-state index in [1.54, 1.807) is 7.11 Å². The highest BCUT2D eigenvalue weighted by molar-refractivity contribution is 9.10. The Hall–Kier alpha value is -2.30. The zero-order valence-corrected chi connectivity index (χ0v) is 15.4. The SMILES string of the molecule is COc1ccccc1[C@@H]1Nc2ccc(Br)cc2[C@@H](c2ccccc2)O1. The summed E-state index contributed by atoms with van der Waals surface area (Å²) in [5, 5.41) is 3.49. The molecule has 0 saturated carbocycles. The second-order valence-corrected chi connectivity index (χ2v) is 6.84. The molecule has 0 fully saturated rings. The molecule has 1 N–H and O–H groups in total. The van der Waals surface area contributed by atoms with Crippen molar-refractivity contribution in [2.45, 2.75) is 12.3 Å². The number of hydrogen-bond donors (Lipinski definition) is 1. The number of nitrogens with one attached hydrogen (secondary N) is 1. The molecule has 1 aliphatic rings. The first-order chi connectivity index (χ1) is 12.3. The number of benzene rings is 3. The summed E-state index contributed by atoms with van der Waals surface area (Å²) in [5.41, 5.74) is 4.30. The van der Waals surface area contributed by atoms with Gasteiger partial charge in [-0.05, 0) is 29.8 Å². The second-order valence-electron chi connectivity index (χ2n) is 5.92. The third kappa shape index (κ3) is 3.15. The van der Waals surface area contributed by atoms with Crippen molar-refractivity contribution < 1.29 is 9.47 Å². The van der Waals surface area contributed by atoms with Crippen LogP contribution in [0.5, 0.6) is 5.75 Å². The molecule has 2 atom stereocenters. The van der Waals surface area contributed by atoms with Crippen LogP contribution in [0.4, 0.5) is 5.69 Å². The van der Waals surface area contributed by atoms with E-state index in [1.165, 1.54) is 0 Å². The predicted octanol–water partition coefficient (Wildman–Crippen LogP) is 5.69. The van der Waals surface area contributed by atoms with Gasteiger partial charge in [0.15, 0.2) is 6.23 Å². The zero-order valence-electron chi connectivity index (χ0n) is 13.8. The molecule has 1 aliphatic heterocycles. The van der Waals surface area contributed by atoms with Gasteiger partial charge in [-0.15, -0.1) is 0 Å². The summed E-state index contributed by atoms with van der Waals surface area (Å²) in [4.78, 5) is 0. The van der Waals surface area contributed by atoms with Crippen LogP contribution >= 0.6 is 15.9 Å². The van der Waals surface area contributed by atoms with E-state index in [4.69, 9.17) is 9.47 Å². The van der Waals surface area contributed by atoms with Crippen LogP contribution in [0.25, 0.3) is 0 Å². The summed E-state index contributed by atoms with van der Waals surface area (Å²) in [7, 11) is 1.68. The standard InChI is InChI=1S/C21H18BrNO2/c1-24-19-10-6-5-9-16(19)21-23-18-12-11-15(22)13-17(18)20(25-21)14-7-3-2-4-8-14/h2-13,20-21,23H,1H3/t20-,21-/m1/s1. The van der Waals surface area contributed by atoms with Gasteiger partial charge in [0.05, 0.1) is 7.11 Å². The molecule has 0 bridgehead atoms. The topological polar surface area (TPSA) is 30.5 Å². The van der Waals surface area contributed by atoms with E-state index in [1.807, 2.05) is 48.5 Å². The van der Waals surface area contributed by atoms with Crippen molar-refractivity contribution in [2.24, 2.45) is 0 Å². The molecule has 25 heavy (non-hydrogen) atoms. The fourth-order valence-electron chi connectivity index (χ4n) is 3.19. The number of methoxy groups -OCH3 is 1. The molecule has 3 aromatic carbocycles. The van der Waals surface area contributed by atoms with Crippen LogP contribution in [0.3, 0.4) is 0 Å². The van der Waals surface area contributed by atoms with E-state index >= 15 is 0 Å². The van der Waals surface area contributed by atoms with Crippen LogP contribution in [-0.2, 0) is 4.74 Å². The van der Waals surface area contributed by atoms with E-state index in [-0.39, 0.29) is 12.3 Å². The Morgan fingerprint density at radius 2 is 1.68 bits per heavy atom. The third-order valence-electron chi connectivity index (χ3n) is 4.38. The fourth-order valence-corrected chi connectivity index (χ4v) is 3.57. The molecule has 126 valence electrons. The van der Waals surface area contributed by atoms with E-state index in [9.17, 15) is 0 Å². The van der Waals surface area contributed by atoms with Gasteiger partial charge >= 0.3 is 0 Å². The van der Waals surface area contributed by atoms with Crippen LogP contribution in [0.1, 0.15) is 29.0 Å². The van der Waals surface area contributed by atoms with Crippen molar-refractivity contribution in [1.29, 1.82) is 0 Å². The number of anilines is 1. The monoisotopic (exact) mass is 395 g/mol. The minimum absolute atomic E-state index is 0.148. The van der Waals surface area contributed by atoms with Crippen molar-refractivity contribution in [3.05, 3.63) is 94.0 Å². The number of rotatable bonds is 3. The summed E-state index contributed by atoms with van der Waals surface area (Å²) >= 11 is 3.57. The van der Waals surface area contributed by atoms with E-state index in [0.29, 0.717) is 0 Å². The van der Waals surface area contributed by atoms with E-state index in [2.05, 4.69) is 45.5 Å². The molecular formula is C21H18BrNO2. The second kappa shape index (κ2) is 6.90. The van der Waals surface area contributed by atoms with Gasteiger partial charge in [0, 0.05) is 21.3 Å². The normalized spacial score (nSPS) is 19.0. The molecule has 3 nitrogen and oxygen atoms in total. The Kier molecular flexibility index (Phi) is 4.47. The van der Waals surface area contributed by atoms with Crippen molar-refractivity contribution in [2.75, 3.05) is 12.4 Å². The first-order valence-electron chi connectivity index (χ1n) is 8.15. The highest BCUT2D eigenvalue weighted by Crippen LogP contribution is 2.43. The summed E-state index contributed by atoms with van der Waals surface area (Å²) in [6, 6.07) is 24.5. The Morgan fingerprint density at radius 1 is 0.920 bits per heavy atom. The largest absolute Gasteiger partial charge is 0.496 e. The number of halogens is 1. The molecular weight excluding hydrogens is 378 g/mol. The third-order valence-corrected chi connectivity index (χ3v) is 4.87. The molecule has 3 aromatic rings. The highest BCUT2D eigenvalue weighted by atomic mass is 79.9. The lowest BCUT2D eigenvalue weighted by Crippen LogP contribution is -2.25. The van der Waals surface area contributed by atoms with Gasteiger partial charge in [0.1, 0.15) is 11.9 Å². The number of fused-ring (bicyclic) bond motifs is 1. The first-order valence-corrected chi connectivity index (χ1v) is 8.95. The van der Waals surface area contributed by atoms with Gasteiger partial charge in [-0.2, -0.15) is 0 Å². The highest BCUT2D eigenvalue weighted by Gasteiger charge is 2.30. The quantitative estimate of drug-likeness (QED) is 0.617. The summed E-state index contributed by atoms with van der Waals surface area (Å²) in [5.74, 6) is 0.812. The average molecular weight is 396 g/mol. The molecule has 0 amide bonds. The minimum atomic E-state index is -0.282. The molecule has 4 rings (SSSR count). The van der Waals surface area contributed by atoms with E-state index < -0.39 is 0 Å². The average Bonchev–Trinajstić information content (AvgIpc) is 2.68. The van der Waals surface area contributed by atoms with Gasteiger partial charge in [-0.1, -0.05) is 64.5 Å². The van der Waals surface area contributed by atoms with Crippen LogP contribution < -0.4 is 10.1 Å². The Morgan fingerprint density at radius 3 is 2.48 bits per heavy atom. The van der Waals surface area contributed by atoms with Gasteiger partial charge in [0.2, 0.25) is 0 Å². The van der Waals surface area contributed by atoms with Crippen LogP contribution in [-0.4, -0.2) is 7.11 Å². The first kappa shape index (κ1) is 16.2. The molecule has 4 heteroatoms. The molecule has 0 spiro atoms. The lowest BCUT2D eigenvalue weighted by atomic mass is 9.97. The molecule has 0 saturated heterocycles. The summed E-state index contributed by atoms with van der Waals surface area (Å²) < 4.78 is 13.0. The van der Waals surface area contributed by atoms with Gasteiger partial charge in [-0.3, -0.25) is 0 Å². The summed E-state index contributed by atoms with van der Waals surface area (Å²) in [6.07, 6.45) is -0.431. The lowest BCUT2D eigenvalue weighted by molar-refractivity contribution is 0.0145. The van der Waals surface area contributed by atoms with Crippen molar-refractivity contribution >= 4 is 21.6 Å². The number of para-hydroxylation sites is 1. The maximum absolute atomic E-state index is 6.47. The van der Waals surface area contributed by atoms with Crippen LogP contribution in [0.2, 0.25) is 0 Å².